The number of carbonyl (C=O) groups excluding carboxylic acids is 1. The highest BCUT2D eigenvalue weighted by Gasteiger charge is 2.23. The second kappa shape index (κ2) is 6.53. The van der Waals surface area contributed by atoms with Crippen molar-refractivity contribution in [2.45, 2.75) is 30.9 Å². The number of nitrogens with one attached hydrogen (secondary N) is 2. The summed E-state index contributed by atoms with van der Waals surface area (Å²) in [6.07, 6.45) is 0.845. The predicted molar refractivity (Wildman–Crippen MR) is 68.8 cm³/mol. The summed E-state index contributed by atoms with van der Waals surface area (Å²) < 4.78 is 29.8. The molecule has 9 heteroatoms. The van der Waals surface area contributed by atoms with Crippen molar-refractivity contribution in [2.24, 2.45) is 0 Å². The summed E-state index contributed by atoms with van der Waals surface area (Å²) in [7, 11) is -2.57. The van der Waals surface area contributed by atoms with Gasteiger partial charge in [0.25, 0.3) is 15.9 Å². The molecule has 0 bridgehead atoms. The highest BCUT2D eigenvalue weighted by molar-refractivity contribution is 7.89. The van der Waals surface area contributed by atoms with Gasteiger partial charge in [-0.1, -0.05) is 13.3 Å². The van der Waals surface area contributed by atoms with Crippen LogP contribution in [-0.4, -0.2) is 38.5 Å². The third-order valence-electron chi connectivity index (χ3n) is 2.52. The van der Waals surface area contributed by atoms with Gasteiger partial charge in [0, 0.05) is 0 Å². The highest BCUT2D eigenvalue weighted by Crippen LogP contribution is 2.13. The Bertz CT molecular complexity index is 592. The maximum absolute atomic E-state index is 11.8. The molecule has 20 heavy (non-hydrogen) atoms. The quantitative estimate of drug-likeness (QED) is 0.659. The van der Waals surface area contributed by atoms with Gasteiger partial charge in [-0.3, -0.25) is 4.79 Å². The molecule has 0 aromatic carbocycles. The third-order valence-corrected chi connectivity index (χ3v) is 3.81. The standard InChI is InChI=1S/C11H16N2O6S/c1-3-4-7(11(15)16)13-10(14)8-5-6-9(19-8)20(17,18)12-2/h5-7,12H,3-4H2,1-2H3,(H,13,14)(H,15,16). The van der Waals surface area contributed by atoms with Crippen molar-refractivity contribution in [2.75, 3.05) is 7.05 Å². The molecule has 0 aliphatic heterocycles. The van der Waals surface area contributed by atoms with Crippen LogP contribution in [0.1, 0.15) is 30.3 Å². The van der Waals surface area contributed by atoms with E-state index >= 15 is 0 Å². The minimum Gasteiger partial charge on any atom is -0.480 e. The molecule has 1 aromatic rings. The molecule has 0 spiro atoms. The Morgan fingerprint density at radius 3 is 2.55 bits per heavy atom. The van der Waals surface area contributed by atoms with Gasteiger partial charge in [-0.25, -0.2) is 17.9 Å². The third kappa shape index (κ3) is 3.81. The van der Waals surface area contributed by atoms with E-state index in [4.69, 9.17) is 9.52 Å². The first-order chi connectivity index (χ1) is 9.31. The number of rotatable bonds is 7. The second-order valence-electron chi connectivity index (χ2n) is 3.98. The van der Waals surface area contributed by atoms with E-state index in [1.807, 2.05) is 4.72 Å². The van der Waals surface area contributed by atoms with Crippen LogP contribution in [0.2, 0.25) is 0 Å². The summed E-state index contributed by atoms with van der Waals surface area (Å²) in [5.74, 6) is -2.19. The summed E-state index contributed by atoms with van der Waals surface area (Å²) in [4.78, 5) is 22.7. The number of carbonyl (C=O) groups is 2. The SMILES string of the molecule is CCCC(NC(=O)c1ccc(S(=O)(=O)NC)o1)C(=O)O. The van der Waals surface area contributed by atoms with Crippen molar-refractivity contribution >= 4 is 21.9 Å². The van der Waals surface area contributed by atoms with E-state index in [0.717, 1.165) is 6.07 Å². The average Bonchev–Trinajstić information content (AvgIpc) is 2.88. The molecule has 8 nitrogen and oxygen atoms in total. The Morgan fingerprint density at radius 1 is 1.40 bits per heavy atom. The van der Waals surface area contributed by atoms with Crippen LogP contribution in [0.25, 0.3) is 0 Å². The van der Waals surface area contributed by atoms with Crippen molar-refractivity contribution in [3.8, 4) is 0 Å². The highest BCUT2D eigenvalue weighted by atomic mass is 32.2. The van der Waals surface area contributed by atoms with Crippen LogP contribution in [0, 0.1) is 0 Å². The average molecular weight is 304 g/mol. The summed E-state index contributed by atoms with van der Waals surface area (Å²) in [6, 6.07) is 1.25. The van der Waals surface area contributed by atoms with Crippen molar-refractivity contribution in [3.63, 3.8) is 0 Å². The van der Waals surface area contributed by atoms with Gasteiger partial charge in [0.1, 0.15) is 6.04 Å². The first-order valence-electron chi connectivity index (χ1n) is 5.89. The number of carboxylic acid groups (broad SMARTS) is 1. The van der Waals surface area contributed by atoms with Crippen LogP contribution in [0.3, 0.4) is 0 Å². The smallest absolute Gasteiger partial charge is 0.326 e. The van der Waals surface area contributed by atoms with Crippen LogP contribution >= 0.6 is 0 Å². The van der Waals surface area contributed by atoms with Gasteiger partial charge in [0.2, 0.25) is 5.09 Å². The van der Waals surface area contributed by atoms with E-state index in [-0.39, 0.29) is 12.2 Å². The summed E-state index contributed by atoms with van der Waals surface area (Å²) >= 11 is 0. The van der Waals surface area contributed by atoms with E-state index in [0.29, 0.717) is 6.42 Å². The fraction of sp³-hybridized carbons (Fsp3) is 0.455. The molecule has 1 atom stereocenters. The lowest BCUT2D eigenvalue weighted by molar-refractivity contribution is -0.139. The van der Waals surface area contributed by atoms with E-state index < -0.39 is 33.0 Å². The fourth-order valence-corrected chi connectivity index (χ4v) is 2.11. The fourth-order valence-electron chi connectivity index (χ4n) is 1.46. The molecule has 1 aromatic heterocycles. The Kier molecular flexibility index (Phi) is 5.28. The molecule has 1 amide bonds. The molecule has 1 rings (SSSR count). The summed E-state index contributed by atoms with van der Waals surface area (Å²) in [5.41, 5.74) is 0. The molecule has 112 valence electrons. The number of hydrogen-bond acceptors (Lipinski definition) is 5. The van der Waals surface area contributed by atoms with E-state index in [1.165, 1.54) is 13.1 Å². The monoisotopic (exact) mass is 304 g/mol. The molecule has 0 aliphatic carbocycles. The minimum absolute atomic E-state index is 0.263. The van der Waals surface area contributed by atoms with Crippen molar-refractivity contribution in [1.29, 1.82) is 0 Å². The molecule has 0 saturated heterocycles. The molecule has 3 N–H and O–H groups in total. The molecule has 1 unspecified atom stereocenters. The zero-order valence-corrected chi connectivity index (χ0v) is 11.9. The zero-order valence-electron chi connectivity index (χ0n) is 11.0. The summed E-state index contributed by atoms with van der Waals surface area (Å²) in [6.45, 7) is 1.78. The maximum Gasteiger partial charge on any atom is 0.326 e. The maximum atomic E-state index is 11.8. The number of furan rings is 1. The summed E-state index contributed by atoms with van der Waals surface area (Å²) in [5, 5.41) is 10.8. The van der Waals surface area contributed by atoms with Crippen molar-refractivity contribution in [3.05, 3.63) is 17.9 Å². The molecule has 0 fully saturated rings. The number of sulfonamides is 1. The zero-order chi connectivity index (χ0) is 15.3. The Balaban J connectivity index is 2.86. The molecule has 1 heterocycles. The number of carboxylic acids is 1. The molecular weight excluding hydrogens is 288 g/mol. The molecule has 0 saturated carbocycles. The first-order valence-corrected chi connectivity index (χ1v) is 7.37. The van der Waals surface area contributed by atoms with Crippen LogP contribution in [0.4, 0.5) is 0 Å². The van der Waals surface area contributed by atoms with E-state index in [2.05, 4.69) is 5.32 Å². The topological polar surface area (TPSA) is 126 Å². The number of aliphatic carboxylic acids is 1. The van der Waals surface area contributed by atoms with Crippen LogP contribution in [-0.2, 0) is 14.8 Å². The normalized spacial score (nSPS) is 12.9. The molecule has 0 radical (unpaired) electrons. The number of amides is 1. The Morgan fingerprint density at radius 2 is 2.05 bits per heavy atom. The second-order valence-corrected chi connectivity index (χ2v) is 5.80. The van der Waals surface area contributed by atoms with E-state index in [1.54, 1.807) is 6.92 Å². The molecular formula is C11H16N2O6S. The lowest BCUT2D eigenvalue weighted by atomic mass is 10.1. The van der Waals surface area contributed by atoms with Gasteiger partial charge in [0.05, 0.1) is 0 Å². The van der Waals surface area contributed by atoms with Crippen LogP contribution in [0.15, 0.2) is 21.6 Å². The largest absolute Gasteiger partial charge is 0.480 e. The van der Waals surface area contributed by atoms with Crippen molar-refractivity contribution in [1.82, 2.24) is 10.0 Å². The van der Waals surface area contributed by atoms with E-state index in [9.17, 15) is 18.0 Å². The Labute approximate surface area is 116 Å². The van der Waals surface area contributed by atoms with Crippen molar-refractivity contribution < 1.29 is 27.5 Å². The number of hydrogen-bond donors (Lipinski definition) is 3. The van der Waals surface area contributed by atoms with Crippen LogP contribution < -0.4 is 10.0 Å². The van der Waals surface area contributed by atoms with Gasteiger partial charge in [0.15, 0.2) is 5.76 Å². The van der Waals surface area contributed by atoms with Crippen LogP contribution in [0.5, 0.6) is 0 Å². The minimum atomic E-state index is -3.78. The Hall–Kier alpha value is -1.87. The van der Waals surface area contributed by atoms with Gasteiger partial charge in [-0.15, -0.1) is 0 Å². The lowest BCUT2D eigenvalue weighted by Gasteiger charge is -2.12. The van der Waals surface area contributed by atoms with Gasteiger partial charge >= 0.3 is 5.97 Å². The van der Waals surface area contributed by atoms with Gasteiger partial charge < -0.3 is 14.8 Å². The first kappa shape index (κ1) is 16.2. The lowest BCUT2D eigenvalue weighted by Crippen LogP contribution is -2.40. The van der Waals surface area contributed by atoms with Gasteiger partial charge in [-0.2, -0.15) is 0 Å². The predicted octanol–water partition coefficient (Wildman–Crippen LogP) is 0.171. The molecule has 0 aliphatic rings. The van der Waals surface area contributed by atoms with Gasteiger partial charge in [-0.05, 0) is 25.6 Å².